The van der Waals surface area contributed by atoms with Gasteiger partial charge in [0.25, 0.3) is 5.91 Å². The summed E-state index contributed by atoms with van der Waals surface area (Å²) in [6.07, 6.45) is 4.46. The van der Waals surface area contributed by atoms with Gasteiger partial charge in [0.1, 0.15) is 6.54 Å². The topological polar surface area (TPSA) is 82.8 Å². The van der Waals surface area contributed by atoms with Gasteiger partial charge < -0.3 is 19.5 Å². The van der Waals surface area contributed by atoms with Crippen molar-refractivity contribution in [1.82, 2.24) is 14.4 Å². The van der Waals surface area contributed by atoms with Crippen LogP contribution in [0.4, 0.5) is 0 Å². The summed E-state index contributed by atoms with van der Waals surface area (Å²) in [7, 11) is 0. The van der Waals surface area contributed by atoms with E-state index in [4.69, 9.17) is 5.11 Å². The molecule has 1 saturated carbocycles. The molecule has 1 aromatic heterocycles. The van der Waals surface area contributed by atoms with Crippen LogP contribution >= 0.6 is 0 Å². The van der Waals surface area contributed by atoms with Gasteiger partial charge in [-0.2, -0.15) is 0 Å². The lowest BCUT2D eigenvalue weighted by molar-refractivity contribution is -0.145. The zero-order valence-corrected chi connectivity index (χ0v) is 16.4. The van der Waals surface area contributed by atoms with Gasteiger partial charge in [0.15, 0.2) is 0 Å². The fraction of sp³-hybridized carbons (Fsp3) is 0.650. The van der Waals surface area contributed by atoms with E-state index in [1.807, 2.05) is 17.9 Å². The highest BCUT2D eigenvalue weighted by atomic mass is 16.4. The first kappa shape index (κ1) is 19.5. The highest BCUT2D eigenvalue weighted by Gasteiger charge is 2.31. The Labute approximate surface area is 159 Å². The predicted molar refractivity (Wildman–Crippen MR) is 101 cm³/mol. The standard InChI is InChI=1S/C20H29N3O4/c1-13-11-18(14(2)23(13)17-6-7-17)20(27)21-9-4-5-16(8-10-21)22(15(3)24)12-19(25)26/h11,16-17H,4-10,12H2,1-3H3,(H,25,26)/t16-/m0/s1. The van der Waals surface area contributed by atoms with Crippen molar-refractivity contribution in [3.8, 4) is 0 Å². The van der Waals surface area contributed by atoms with Crippen molar-refractivity contribution in [2.45, 2.75) is 65.0 Å². The number of carboxylic acids is 1. The number of rotatable bonds is 5. The normalized spacial score (nSPS) is 20.3. The molecule has 3 rings (SSSR count). The molecule has 0 radical (unpaired) electrons. The van der Waals surface area contributed by atoms with Crippen LogP contribution < -0.4 is 0 Å². The fourth-order valence-corrected chi connectivity index (χ4v) is 4.30. The number of carboxylic acid groups (broad SMARTS) is 1. The maximum absolute atomic E-state index is 13.1. The maximum atomic E-state index is 13.1. The van der Waals surface area contributed by atoms with E-state index < -0.39 is 5.97 Å². The van der Waals surface area contributed by atoms with Gasteiger partial charge in [-0.25, -0.2) is 0 Å². The molecule has 0 unspecified atom stereocenters. The van der Waals surface area contributed by atoms with E-state index in [0.717, 1.165) is 29.8 Å². The average Bonchev–Trinajstić information content (AvgIpc) is 3.40. The van der Waals surface area contributed by atoms with Crippen LogP contribution in [0, 0.1) is 13.8 Å². The third-order valence-corrected chi connectivity index (χ3v) is 5.76. The Morgan fingerprint density at radius 3 is 2.44 bits per heavy atom. The monoisotopic (exact) mass is 375 g/mol. The third kappa shape index (κ3) is 4.17. The summed E-state index contributed by atoms with van der Waals surface area (Å²) in [5.74, 6) is -1.19. The Morgan fingerprint density at radius 2 is 1.85 bits per heavy atom. The van der Waals surface area contributed by atoms with Gasteiger partial charge in [0.2, 0.25) is 5.91 Å². The molecule has 0 bridgehead atoms. The van der Waals surface area contributed by atoms with Gasteiger partial charge in [0.05, 0.1) is 5.56 Å². The molecule has 2 heterocycles. The number of carbonyl (C=O) groups is 3. The van der Waals surface area contributed by atoms with Crippen molar-refractivity contribution in [1.29, 1.82) is 0 Å². The van der Waals surface area contributed by atoms with Crippen LogP contribution in [0.15, 0.2) is 6.07 Å². The van der Waals surface area contributed by atoms with Gasteiger partial charge in [-0.3, -0.25) is 14.4 Å². The van der Waals surface area contributed by atoms with E-state index >= 15 is 0 Å². The van der Waals surface area contributed by atoms with Crippen molar-refractivity contribution in [3.05, 3.63) is 23.0 Å². The van der Waals surface area contributed by atoms with Crippen LogP contribution in [-0.4, -0.2) is 62.9 Å². The molecule has 1 saturated heterocycles. The van der Waals surface area contributed by atoms with Crippen molar-refractivity contribution in [3.63, 3.8) is 0 Å². The third-order valence-electron chi connectivity index (χ3n) is 5.76. The van der Waals surface area contributed by atoms with Crippen molar-refractivity contribution >= 4 is 17.8 Å². The lowest BCUT2D eigenvalue weighted by Crippen LogP contribution is -2.43. The van der Waals surface area contributed by atoms with Crippen LogP contribution in [0.1, 0.15) is 66.8 Å². The Bertz CT molecular complexity index is 751. The number of nitrogens with zero attached hydrogens (tertiary/aromatic N) is 3. The number of hydrogen-bond donors (Lipinski definition) is 1. The molecule has 7 heteroatoms. The largest absolute Gasteiger partial charge is 0.480 e. The highest BCUT2D eigenvalue weighted by Crippen LogP contribution is 2.38. The first-order valence-electron chi connectivity index (χ1n) is 9.76. The molecule has 0 spiro atoms. The second kappa shape index (κ2) is 7.74. The summed E-state index contributed by atoms with van der Waals surface area (Å²) in [6.45, 7) is 6.38. The molecular formula is C20H29N3O4. The van der Waals surface area contributed by atoms with E-state index in [1.165, 1.54) is 24.7 Å². The lowest BCUT2D eigenvalue weighted by atomic mass is 10.1. The molecule has 1 aliphatic heterocycles. The number of amides is 2. The maximum Gasteiger partial charge on any atom is 0.323 e. The molecule has 1 aliphatic carbocycles. The second-order valence-electron chi connectivity index (χ2n) is 7.80. The number of carbonyl (C=O) groups excluding carboxylic acids is 2. The molecule has 27 heavy (non-hydrogen) atoms. The smallest absolute Gasteiger partial charge is 0.323 e. The Balaban J connectivity index is 1.70. The quantitative estimate of drug-likeness (QED) is 0.856. The van der Waals surface area contributed by atoms with E-state index in [1.54, 1.807) is 0 Å². The van der Waals surface area contributed by atoms with E-state index in [2.05, 4.69) is 11.5 Å². The number of likely N-dealkylation sites (tertiary alicyclic amines) is 1. The van der Waals surface area contributed by atoms with E-state index in [-0.39, 0.29) is 24.4 Å². The van der Waals surface area contributed by atoms with Crippen LogP contribution in [-0.2, 0) is 9.59 Å². The van der Waals surface area contributed by atoms with Crippen LogP contribution in [0.25, 0.3) is 0 Å². The summed E-state index contributed by atoms with van der Waals surface area (Å²) in [4.78, 5) is 39.3. The summed E-state index contributed by atoms with van der Waals surface area (Å²) in [6, 6.07) is 2.40. The van der Waals surface area contributed by atoms with Gasteiger partial charge in [0, 0.05) is 43.5 Å². The average molecular weight is 375 g/mol. The summed E-state index contributed by atoms with van der Waals surface area (Å²) in [5.41, 5.74) is 2.94. The molecule has 2 fully saturated rings. The zero-order valence-electron chi connectivity index (χ0n) is 16.4. The number of aliphatic carboxylic acids is 1. The van der Waals surface area contributed by atoms with Gasteiger partial charge in [-0.1, -0.05) is 0 Å². The number of hydrogen-bond acceptors (Lipinski definition) is 3. The minimum absolute atomic E-state index is 0.0447. The number of aromatic nitrogens is 1. The van der Waals surface area contributed by atoms with Crippen LogP contribution in [0.5, 0.6) is 0 Å². The van der Waals surface area contributed by atoms with Crippen molar-refractivity contribution in [2.75, 3.05) is 19.6 Å². The predicted octanol–water partition coefficient (Wildman–Crippen LogP) is 2.37. The van der Waals surface area contributed by atoms with Crippen molar-refractivity contribution < 1.29 is 19.5 Å². The second-order valence-corrected chi connectivity index (χ2v) is 7.80. The summed E-state index contributed by atoms with van der Waals surface area (Å²) >= 11 is 0. The fourth-order valence-electron chi connectivity index (χ4n) is 4.30. The van der Waals surface area contributed by atoms with E-state index in [9.17, 15) is 14.4 Å². The molecule has 1 aromatic rings. The van der Waals surface area contributed by atoms with Gasteiger partial charge >= 0.3 is 5.97 Å². The summed E-state index contributed by atoms with van der Waals surface area (Å²) in [5, 5.41) is 9.07. The molecule has 7 nitrogen and oxygen atoms in total. The molecule has 148 valence electrons. The Morgan fingerprint density at radius 1 is 1.15 bits per heavy atom. The SMILES string of the molecule is CC(=O)N(CC(=O)O)[C@H]1CCCN(C(=O)c2cc(C)n(C3CC3)c2C)CC1. The molecule has 1 N–H and O–H groups in total. The van der Waals surface area contributed by atoms with E-state index in [0.29, 0.717) is 25.6 Å². The first-order valence-corrected chi connectivity index (χ1v) is 9.76. The molecule has 0 aromatic carbocycles. The minimum atomic E-state index is -1.00. The molecular weight excluding hydrogens is 346 g/mol. The first-order chi connectivity index (χ1) is 12.8. The molecule has 2 aliphatic rings. The van der Waals surface area contributed by atoms with Gasteiger partial charge in [-0.05, 0) is 52.0 Å². The molecule has 1 atom stereocenters. The van der Waals surface area contributed by atoms with Crippen LogP contribution in [0.2, 0.25) is 0 Å². The lowest BCUT2D eigenvalue weighted by Gasteiger charge is -2.28. The molecule has 2 amide bonds. The highest BCUT2D eigenvalue weighted by molar-refractivity contribution is 5.95. The zero-order chi connectivity index (χ0) is 19.7. The summed E-state index contributed by atoms with van der Waals surface area (Å²) < 4.78 is 2.28. The van der Waals surface area contributed by atoms with Gasteiger partial charge in [-0.15, -0.1) is 0 Å². The minimum Gasteiger partial charge on any atom is -0.480 e. The Kier molecular flexibility index (Phi) is 5.58. The van der Waals surface area contributed by atoms with Crippen LogP contribution in [0.3, 0.4) is 0 Å². The number of aryl methyl sites for hydroxylation is 1. The Hall–Kier alpha value is -2.31. The van der Waals surface area contributed by atoms with Crippen molar-refractivity contribution in [2.24, 2.45) is 0 Å².